The second kappa shape index (κ2) is 16.4. The van der Waals surface area contributed by atoms with Crippen LogP contribution in [-0.2, 0) is 6.18 Å². The number of alkyl halides is 3. The molecule has 0 fully saturated rings. The van der Waals surface area contributed by atoms with Crippen LogP contribution in [0.25, 0.3) is 111 Å². The number of rotatable bonds is 7. The highest BCUT2D eigenvalue weighted by Crippen LogP contribution is 2.44. The number of nitriles is 1. The Hall–Kier alpha value is -8.92. The lowest BCUT2D eigenvalue weighted by atomic mass is 9.96. The summed E-state index contributed by atoms with van der Waals surface area (Å²) in [6.07, 6.45) is -4.57. The van der Waals surface area contributed by atoms with Crippen molar-refractivity contribution in [2.45, 2.75) is 13.1 Å². The smallest absolute Gasteiger partial charge is 0.308 e. The Morgan fingerprint density at radius 3 is 0.971 bits per heavy atom. The fraction of sp³-hybridized carbons (Fsp3) is 0.0317. The molecule has 2 aromatic heterocycles. The third-order valence-electron chi connectivity index (χ3n) is 13.4. The van der Waals surface area contributed by atoms with Crippen LogP contribution in [0.5, 0.6) is 0 Å². The van der Waals surface area contributed by atoms with Crippen LogP contribution in [0.1, 0.15) is 16.7 Å². The van der Waals surface area contributed by atoms with Gasteiger partial charge in [-0.05, 0) is 141 Å². The van der Waals surface area contributed by atoms with E-state index in [1.165, 1.54) is 12.1 Å². The molecule has 0 atom stereocenters. The summed E-state index contributed by atoms with van der Waals surface area (Å²) >= 11 is 0. The van der Waals surface area contributed by atoms with Gasteiger partial charge < -0.3 is 9.13 Å². The van der Waals surface area contributed by atoms with Crippen LogP contribution in [0, 0.1) is 18.3 Å². The second-order valence-corrected chi connectivity index (χ2v) is 17.6. The molecule has 12 rings (SSSR count). The van der Waals surface area contributed by atoms with Gasteiger partial charge in [0.05, 0.1) is 39.0 Å². The summed E-state index contributed by atoms with van der Waals surface area (Å²) in [5, 5.41) is 15.6. The predicted octanol–water partition coefficient (Wildman–Crippen LogP) is 17.4. The van der Waals surface area contributed by atoms with E-state index < -0.39 is 11.7 Å². The molecule has 2 heterocycles. The van der Waals surface area contributed by atoms with E-state index in [4.69, 9.17) is 0 Å². The van der Waals surface area contributed by atoms with Crippen LogP contribution < -0.4 is 0 Å². The fourth-order valence-electron chi connectivity index (χ4n) is 10.2. The van der Waals surface area contributed by atoms with E-state index >= 15 is 0 Å². The third-order valence-corrected chi connectivity index (χ3v) is 13.4. The number of hydrogen-bond acceptors (Lipinski definition) is 1. The Balaban J connectivity index is 1.20. The van der Waals surface area contributed by atoms with Crippen molar-refractivity contribution in [2.75, 3.05) is 0 Å². The lowest BCUT2D eigenvalue weighted by Gasteiger charge is -2.19. The average molecular weight is 896 g/mol. The van der Waals surface area contributed by atoms with Crippen molar-refractivity contribution in [1.82, 2.24) is 9.13 Å². The zero-order chi connectivity index (χ0) is 46.8. The third kappa shape index (κ3) is 7.24. The van der Waals surface area contributed by atoms with Crippen LogP contribution >= 0.6 is 0 Å². The van der Waals surface area contributed by atoms with Gasteiger partial charge in [-0.25, -0.2) is 0 Å². The molecule has 0 saturated heterocycles. The van der Waals surface area contributed by atoms with E-state index in [0.717, 1.165) is 88.1 Å². The zero-order valence-electron chi connectivity index (χ0n) is 37.3. The number of fused-ring (bicyclic) bond motifs is 6. The van der Waals surface area contributed by atoms with Gasteiger partial charge in [0.25, 0.3) is 0 Å². The molecule has 0 amide bonds. The number of benzene rings is 10. The number of hydrogen-bond donors (Lipinski definition) is 0. The molecule has 0 aliphatic rings. The Morgan fingerprint density at radius 2 is 0.667 bits per heavy atom. The van der Waals surface area contributed by atoms with Crippen molar-refractivity contribution in [3.8, 4) is 73.1 Å². The monoisotopic (exact) mass is 895 g/mol. The molecule has 0 radical (unpaired) electrons. The van der Waals surface area contributed by atoms with Crippen LogP contribution in [0.2, 0.25) is 0 Å². The van der Waals surface area contributed by atoms with E-state index in [1.807, 2.05) is 84.9 Å². The minimum atomic E-state index is -4.57. The maximum Gasteiger partial charge on any atom is 0.416 e. The van der Waals surface area contributed by atoms with Crippen molar-refractivity contribution < 1.29 is 13.2 Å². The van der Waals surface area contributed by atoms with Crippen molar-refractivity contribution in [3.05, 3.63) is 241 Å². The largest absolute Gasteiger partial charge is 0.416 e. The van der Waals surface area contributed by atoms with Crippen LogP contribution in [-0.4, -0.2) is 9.13 Å². The van der Waals surface area contributed by atoms with Gasteiger partial charge >= 0.3 is 6.18 Å². The van der Waals surface area contributed by atoms with Gasteiger partial charge in [-0.2, -0.15) is 18.4 Å². The van der Waals surface area contributed by atoms with E-state index in [9.17, 15) is 18.4 Å². The Bertz CT molecular complexity index is 3580. The van der Waals surface area contributed by atoms with E-state index in [1.54, 1.807) is 13.0 Å². The van der Waals surface area contributed by atoms with E-state index in [0.29, 0.717) is 33.6 Å². The summed E-state index contributed by atoms with van der Waals surface area (Å²) in [6.45, 7) is 1.69. The summed E-state index contributed by atoms with van der Waals surface area (Å²) in [5.41, 5.74) is 14.0. The molecule has 0 saturated carbocycles. The summed E-state index contributed by atoms with van der Waals surface area (Å²) in [7, 11) is 0. The highest BCUT2D eigenvalue weighted by molar-refractivity contribution is 6.14. The van der Waals surface area contributed by atoms with Crippen LogP contribution in [0.15, 0.2) is 224 Å². The van der Waals surface area contributed by atoms with E-state index in [2.05, 4.69) is 137 Å². The molecule has 0 aliphatic heterocycles. The van der Waals surface area contributed by atoms with Gasteiger partial charge in [-0.15, -0.1) is 0 Å². The molecular weight excluding hydrogens is 856 g/mol. The Morgan fingerprint density at radius 1 is 0.348 bits per heavy atom. The highest BCUT2D eigenvalue weighted by Gasteiger charge is 2.31. The lowest BCUT2D eigenvalue weighted by Crippen LogP contribution is -2.07. The van der Waals surface area contributed by atoms with Crippen molar-refractivity contribution in [3.63, 3.8) is 0 Å². The number of nitrogens with zero attached hydrogens (tertiary/aromatic N) is 3. The van der Waals surface area contributed by atoms with Crippen molar-refractivity contribution >= 4 is 43.6 Å². The first-order chi connectivity index (χ1) is 33.7. The van der Waals surface area contributed by atoms with Crippen LogP contribution in [0.3, 0.4) is 0 Å². The highest BCUT2D eigenvalue weighted by atomic mass is 19.4. The molecule has 3 nitrogen and oxygen atoms in total. The minimum absolute atomic E-state index is 0.374. The quantitative estimate of drug-likeness (QED) is 0.157. The summed E-state index contributed by atoms with van der Waals surface area (Å²) < 4.78 is 48.2. The maximum absolute atomic E-state index is 14.7. The molecule has 12 aromatic rings. The van der Waals surface area contributed by atoms with Gasteiger partial charge in [0, 0.05) is 21.5 Å². The number of halogens is 3. The van der Waals surface area contributed by atoms with Crippen LogP contribution in [0.4, 0.5) is 13.2 Å². The molecule has 0 unspecified atom stereocenters. The zero-order valence-corrected chi connectivity index (χ0v) is 37.3. The topological polar surface area (TPSA) is 33.6 Å². The minimum Gasteiger partial charge on any atom is -0.308 e. The normalized spacial score (nSPS) is 11.8. The molecule has 0 bridgehead atoms. The van der Waals surface area contributed by atoms with Crippen molar-refractivity contribution in [2.24, 2.45) is 0 Å². The molecule has 69 heavy (non-hydrogen) atoms. The first kappa shape index (κ1) is 41.5. The molecule has 10 aromatic carbocycles. The molecule has 6 heteroatoms. The Kier molecular flexibility index (Phi) is 9.89. The summed E-state index contributed by atoms with van der Waals surface area (Å²) in [5.74, 6) is 0. The molecule has 328 valence electrons. The number of aryl methyl sites for hydroxylation is 1. The van der Waals surface area contributed by atoms with E-state index in [-0.39, 0.29) is 0 Å². The first-order valence-electron chi connectivity index (χ1n) is 22.9. The first-order valence-corrected chi connectivity index (χ1v) is 22.9. The maximum atomic E-state index is 14.7. The summed E-state index contributed by atoms with van der Waals surface area (Å²) in [4.78, 5) is 0. The molecule has 0 aliphatic carbocycles. The standard InChI is InChI=1S/C63H40F3N3/c1-40-30-49(32-51(31-40)63(64,65)66)50-37-61(68-57-26-22-45(41-14-6-2-7-15-41)33-52(57)53-34-46(23-27-58(53)68)42-16-8-3-9-17-42)56(39-67)62(38-50)69-59-28-24-47(43-18-10-4-11-19-43)35-54(59)55-36-48(25-29-60(55)69)44-20-12-5-13-21-44/h2-38H,1H3. The Labute approximate surface area is 396 Å². The molecule has 0 N–H and O–H groups in total. The van der Waals surface area contributed by atoms with Gasteiger partial charge in [0.15, 0.2) is 0 Å². The van der Waals surface area contributed by atoms with Gasteiger partial charge in [-0.3, -0.25) is 0 Å². The van der Waals surface area contributed by atoms with Gasteiger partial charge in [0.1, 0.15) is 11.6 Å². The second-order valence-electron chi connectivity index (χ2n) is 17.6. The molecular formula is C63H40F3N3. The van der Waals surface area contributed by atoms with Gasteiger partial charge in [-0.1, -0.05) is 152 Å². The average Bonchev–Trinajstić information content (AvgIpc) is 3.90. The fourth-order valence-corrected chi connectivity index (χ4v) is 10.2. The van der Waals surface area contributed by atoms with Crippen molar-refractivity contribution in [1.29, 1.82) is 5.26 Å². The predicted molar refractivity (Wildman–Crippen MR) is 277 cm³/mol. The lowest BCUT2D eigenvalue weighted by molar-refractivity contribution is -0.137. The number of aromatic nitrogens is 2. The SMILES string of the molecule is Cc1cc(-c2cc(-n3c4ccc(-c5ccccc5)cc4c4cc(-c5ccccc5)ccc43)c(C#N)c(-n3c4ccc(-c5ccccc5)cc4c4cc(-c5ccccc5)ccc43)c2)cc(C(F)(F)F)c1. The summed E-state index contributed by atoms with van der Waals surface area (Å²) in [6, 6.07) is 77.1. The molecule has 0 spiro atoms. The van der Waals surface area contributed by atoms with Gasteiger partial charge in [0.2, 0.25) is 0 Å².